The quantitative estimate of drug-likeness (QED) is 0.816. The van der Waals surface area contributed by atoms with Crippen LogP contribution in [0.4, 0.5) is 13.2 Å². The van der Waals surface area contributed by atoms with Crippen LogP contribution in [-0.2, 0) is 14.3 Å². The van der Waals surface area contributed by atoms with Crippen molar-refractivity contribution in [2.24, 2.45) is 11.8 Å². The topological polar surface area (TPSA) is 55.4 Å². The molecule has 0 aliphatic heterocycles. The Morgan fingerprint density at radius 2 is 1.76 bits per heavy atom. The monoisotopic (exact) mass is 357 g/mol. The summed E-state index contributed by atoms with van der Waals surface area (Å²) in [6.45, 7) is 0.212. The first-order valence-corrected chi connectivity index (χ1v) is 8.36. The number of carbonyl (C=O) groups is 2. The van der Waals surface area contributed by atoms with E-state index in [9.17, 15) is 22.8 Å². The van der Waals surface area contributed by atoms with Crippen LogP contribution in [0.1, 0.15) is 44.2 Å². The number of benzene rings is 1. The standard InChI is InChI=1S/C18H22F3NO3/c1-12(13-7-3-2-4-8-13)22-16(23)14-9-5-6-10-15(14)17(24)25-11-18(19,20)21/h2-4,7-8,12,14-15H,5-6,9-11H2,1H3,(H,22,23)/t12-,14-,15-/m0/s1. The molecule has 25 heavy (non-hydrogen) atoms. The summed E-state index contributed by atoms with van der Waals surface area (Å²) in [7, 11) is 0. The molecule has 0 aromatic heterocycles. The van der Waals surface area contributed by atoms with Crippen molar-refractivity contribution < 1.29 is 27.5 Å². The molecule has 138 valence electrons. The lowest BCUT2D eigenvalue weighted by molar-refractivity contribution is -0.191. The van der Waals surface area contributed by atoms with E-state index in [4.69, 9.17) is 0 Å². The molecule has 0 radical (unpaired) electrons. The molecule has 1 saturated carbocycles. The third kappa shape index (κ3) is 5.76. The van der Waals surface area contributed by atoms with Crippen LogP contribution in [0.3, 0.4) is 0 Å². The number of amides is 1. The molecular weight excluding hydrogens is 335 g/mol. The molecule has 1 fully saturated rings. The van der Waals surface area contributed by atoms with Gasteiger partial charge in [-0.3, -0.25) is 9.59 Å². The van der Waals surface area contributed by atoms with E-state index in [2.05, 4.69) is 10.1 Å². The molecule has 0 spiro atoms. The summed E-state index contributed by atoms with van der Waals surface area (Å²) in [6.07, 6.45) is -2.26. The highest BCUT2D eigenvalue weighted by molar-refractivity contribution is 5.85. The van der Waals surface area contributed by atoms with Gasteiger partial charge in [-0.2, -0.15) is 13.2 Å². The van der Waals surface area contributed by atoms with Gasteiger partial charge < -0.3 is 10.1 Å². The average Bonchev–Trinajstić information content (AvgIpc) is 2.59. The van der Waals surface area contributed by atoms with Crippen molar-refractivity contribution in [1.29, 1.82) is 0 Å². The second kappa shape index (κ2) is 8.36. The van der Waals surface area contributed by atoms with Gasteiger partial charge in [-0.25, -0.2) is 0 Å². The van der Waals surface area contributed by atoms with Gasteiger partial charge in [0.1, 0.15) is 0 Å². The zero-order valence-electron chi connectivity index (χ0n) is 14.0. The average molecular weight is 357 g/mol. The highest BCUT2D eigenvalue weighted by Crippen LogP contribution is 2.32. The minimum Gasteiger partial charge on any atom is -0.456 e. The van der Waals surface area contributed by atoms with Gasteiger partial charge in [-0.15, -0.1) is 0 Å². The van der Waals surface area contributed by atoms with Gasteiger partial charge in [0.15, 0.2) is 6.61 Å². The van der Waals surface area contributed by atoms with Gasteiger partial charge in [-0.1, -0.05) is 43.2 Å². The molecule has 4 nitrogen and oxygen atoms in total. The minimum atomic E-state index is -4.57. The number of hydrogen-bond donors (Lipinski definition) is 1. The first kappa shape index (κ1) is 19.3. The van der Waals surface area contributed by atoms with Gasteiger partial charge in [-0.05, 0) is 25.3 Å². The molecule has 1 aliphatic rings. The fraction of sp³-hybridized carbons (Fsp3) is 0.556. The van der Waals surface area contributed by atoms with Crippen molar-refractivity contribution >= 4 is 11.9 Å². The zero-order valence-corrected chi connectivity index (χ0v) is 14.0. The first-order valence-electron chi connectivity index (χ1n) is 8.36. The Hall–Kier alpha value is -2.05. The third-order valence-corrected chi connectivity index (χ3v) is 4.44. The molecule has 0 unspecified atom stereocenters. The van der Waals surface area contributed by atoms with Gasteiger partial charge in [0.05, 0.1) is 17.9 Å². The molecule has 3 atom stereocenters. The molecule has 1 N–H and O–H groups in total. The van der Waals surface area contributed by atoms with E-state index in [1.54, 1.807) is 0 Å². The maximum Gasteiger partial charge on any atom is 0.422 e. The Morgan fingerprint density at radius 3 is 2.36 bits per heavy atom. The fourth-order valence-corrected chi connectivity index (χ4v) is 3.13. The van der Waals surface area contributed by atoms with Crippen LogP contribution in [0.2, 0.25) is 0 Å². The smallest absolute Gasteiger partial charge is 0.422 e. The highest BCUT2D eigenvalue weighted by Gasteiger charge is 2.39. The number of esters is 1. The van der Waals surface area contributed by atoms with Crippen LogP contribution in [0, 0.1) is 11.8 Å². The number of nitrogens with one attached hydrogen (secondary N) is 1. The minimum absolute atomic E-state index is 0.248. The van der Waals surface area contributed by atoms with Gasteiger partial charge in [0, 0.05) is 0 Å². The Balaban J connectivity index is 1.99. The molecule has 1 amide bonds. The molecule has 1 aromatic carbocycles. The van der Waals surface area contributed by atoms with E-state index in [0.29, 0.717) is 19.3 Å². The van der Waals surface area contributed by atoms with E-state index in [-0.39, 0.29) is 11.9 Å². The van der Waals surface area contributed by atoms with Crippen LogP contribution in [-0.4, -0.2) is 24.7 Å². The Kier molecular flexibility index (Phi) is 6.45. The number of alkyl halides is 3. The van der Waals surface area contributed by atoms with Crippen molar-refractivity contribution in [3.63, 3.8) is 0 Å². The van der Waals surface area contributed by atoms with E-state index in [1.807, 2.05) is 37.3 Å². The predicted molar refractivity (Wildman–Crippen MR) is 85.5 cm³/mol. The van der Waals surface area contributed by atoms with Gasteiger partial charge in [0.2, 0.25) is 5.91 Å². The van der Waals surface area contributed by atoms with Crippen LogP contribution in [0.25, 0.3) is 0 Å². The van der Waals surface area contributed by atoms with E-state index in [1.165, 1.54) is 0 Å². The Labute approximate surface area is 144 Å². The van der Waals surface area contributed by atoms with Crippen LogP contribution >= 0.6 is 0 Å². The molecule has 2 rings (SSSR count). The largest absolute Gasteiger partial charge is 0.456 e. The van der Waals surface area contributed by atoms with Crippen LogP contribution in [0.5, 0.6) is 0 Å². The Morgan fingerprint density at radius 1 is 1.16 bits per heavy atom. The van der Waals surface area contributed by atoms with Crippen molar-refractivity contribution in [3.05, 3.63) is 35.9 Å². The van der Waals surface area contributed by atoms with Crippen molar-refractivity contribution in [3.8, 4) is 0 Å². The number of rotatable bonds is 5. The summed E-state index contributed by atoms with van der Waals surface area (Å²) in [5.74, 6) is -2.73. The lowest BCUT2D eigenvalue weighted by Gasteiger charge is -2.30. The van der Waals surface area contributed by atoms with Gasteiger partial charge >= 0.3 is 12.1 Å². The van der Waals surface area contributed by atoms with Crippen LogP contribution in [0.15, 0.2) is 30.3 Å². The van der Waals surface area contributed by atoms with E-state index < -0.39 is 30.6 Å². The molecule has 1 aliphatic carbocycles. The summed E-state index contributed by atoms with van der Waals surface area (Å²) < 4.78 is 41.1. The molecule has 0 saturated heterocycles. The first-order chi connectivity index (χ1) is 11.8. The van der Waals surface area contributed by atoms with E-state index in [0.717, 1.165) is 12.0 Å². The summed E-state index contributed by atoms with van der Waals surface area (Å²) in [6, 6.07) is 9.09. The van der Waals surface area contributed by atoms with Gasteiger partial charge in [0.25, 0.3) is 0 Å². The summed E-state index contributed by atoms with van der Waals surface area (Å²) in [4.78, 5) is 24.6. The lowest BCUT2D eigenvalue weighted by atomic mass is 9.78. The lowest BCUT2D eigenvalue weighted by Crippen LogP contribution is -2.41. The SMILES string of the molecule is C[C@H](NC(=O)[C@H]1CCCC[C@@H]1C(=O)OCC(F)(F)F)c1ccccc1. The van der Waals surface area contributed by atoms with E-state index >= 15 is 0 Å². The third-order valence-electron chi connectivity index (χ3n) is 4.44. The summed E-state index contributed by atoms with van der Waals surface area (Å²) in [5, 5.41) is 2.85. The second-order valence-corrected chi connectivity index (χ2v) is 6.36. The Bertz CT molecular complexity index is 589. The molecule has 7 heteroatoms. The van der Waals surface area contributed by atoms with Crippen molar-refractivity contribution in [2.75, 3.05) is 6.61 Å². The number of halogens is 3. The molecule has 0 heterocycles. The molecule has 1 aromatic rings. The second-order valence-electron chi connectivity index (χ2n) is 6.36. The van der Waals surface area contributed by atoms with Crippen LogP contribution < -0.4 is 5.32 Å². The van der Waals surface area contributed by atoms with Crippen molar-refractivity contribution in [2.45, 2.75) is 44.8 Å². The highest BCUT2D eigenvalue weighted by atomic mass is 19.4. The molecular formula is C18H22F3NO3. The summed E-state index contributed by atoms with van der Waals surface area (Å²) in [5.41, 5.74) is 0.919. The zero-order chi connectivity index (χ0) is 18.4. The molecule has 0 bridgehead atoms. The number of carbonyl (C=O) groups excluding carboxylic acids is 2. The normalized spacial score (nSPS) is 22.1. The van der Waals surface area contributed by atoms with Crippen molar-refractivity contribution in [1.82, 2.24) is 5.32 Å². The predicted octanol–water partition coefficient (Wildman–Crippen LogP) is 3.78. The number of ether oxygens (including phenoxy) is 1. The maximum atomic E-state index is 12.6. The maximum absolute atomic E-state index is 12.6. The number of hydrogen-bond acceptors (Lipinski definition) is 3. The summed E-state index contributed by atoms with van der Waals surface area (Å²) >= 11 is 0. The fourth-order valence-electron chi connectivity index (χ4n) is 3.13.